The molecule has 1 aromatic carbocycles. The molecule has 3 rings (SSSR count). The average molecular weight is 384 g/mol. The zero-order chi connectivity index (χ0) is 15.9. The van der Waals surface area contributed by atoms with Gasteiger partial charge in [-0.25, -0.2) is 0 Å². The Morgan fingerprint density at radius 3 is 2.57 bits per heavy atom. The van der Waals surface area contributed by atoms with Gasteiger partial charge in [0.1, 0.15) is 12.4 Å². The van der Waals surface area contributed by atoms with Gasteiger partial charge in [-0.3, -0.25) is 4.90 Å². The van der Waals surface area contributed by atoms with Crippen molar-refractivity contribution in [2.24, 2.45) is 0 Å². The van der Waals surface area contributed by atoms with Crippen LogP contribution in [0.4, 0.5) is 0 Å². The lowest BCUT2D eigenvalue weighted by Gasteiger charge is -2.41. The summed E-state index contributed by atoms with van der Waals surface area (Å²) < 4.78 is 18.5. The first kappa shape index (κ1) is 17.2. The van der Waals surface area contributed by atoms with E-state index in [0.29, 0.717) is 25.4 Å². The molecule has 0 aromatic heterocycles. The van der Waals surface area contributed by atoms with Gasteiger partial charge in [-0.1, -0.05) is 28.8 Å². The summed E-state index contributed by atoms with van der Waals surface area (Å²) in [5.41, 5.74) is 0. The van der Waals surface area contributed by atoms with Gasteiger partial charge in [0, 0.05) is 23.6 Å². The van der Waals surface area contributed by atoms with Crippen molar-refractivity contribution >= 4 is 15.9 Å². The Balaban J connectivity index is 1.42. The Hall–Kier alpha value is -0.620. The van der Waals surface area contributed by atoms with E-state index in [-0.39, 0.29) is 0 Å². The van der Waals surface area contributed by atoms with E-state index in [1.165, 1.54) is 25.7 Å². The van der Waals surface area contributed by atoms with Gasteiger partial charge < -0.3 is 14.2 Å². The molecule has 0 amide bonds. The minimum atomic E-state index is 0.343. The number of benzene rings is 1. The van der Waals surface area contributed by atoms with Gasteiger partial charge in [0.2, 0.25) is 0 Å². The maximum atomic E-state index is 6.18. The summed E-state index contributed by atoms with van der Waals surface area (Å²) in [7, 11) is 0. The van der Waals surface area contributed by atoms with Crippen LogP contribution in [-0.4, -0.2) is 56.6 Å². The topological polar surface area (TPSA) is 30.9 Å². The number of nitrogens with zero attached hydrogens (tertiary/aromatic N) is 1. The summed E-state index contributed by atoms with van der Waals surface area (Å²) in [6.07, 6.45) is 5.35. The summed E-state index contributed by atoms with van der Waals surface area (Å²) in [5, 5.41) is 0. The highest BCUT2D eigenvalue weighted by Crippen LogP contribution is 2.26. The van der Waals surface area contributed by atoms with Crippen molar-refractivity contribution < 1.29 is 14.2 Å². The third-order valence-electron chi connectivity index (χ3n) is 4.68. The second-order valence-electron chi connectivity index (χ2n) is 6.21. The highest BCUT2D eigenvalue weighted by molar-refractivity contribution is 9.10. The van der Waals surface area contributed by atoms with E-state index in [2.05, 4.69) is 20.8 Å². The van der Waals surface area contributed by atoms with Crippen LogP contribution in [0.2, 0.25) is 0 Å². The summed E-state index contributed by atoms with van der Waals surface area (Å²) in [6, 6.07) is 8.49. The van der Waals surface area contributed by atoms with Gasteiger partial charge in [0.25, 0.3) is 0 Å². The summed E-state index contributed by atoms with van der Waals surface area (Å²) in [5.74, 6) is 0.894. The molecule has 1 heterocycles. The molecule has 4 nitrogen and oxygen atoms in total. The molecule has 1 saturated heterocycles. The molecule has 0 bridgehead atoms. The van der Waals surface area contributed by atoms with Crippen LogP contribution in [-0.2, 0) is 9.47 Å². The summed E-state index contributed by atoms with van der Waals surface area (Å²) >= 11 is 3.43. The number of hydrogen-bond donors (Lipinski definition) is 0. The molecule has 0 N–H and O–H groups in total. The summed E-state index contributed by atoms with van der Waals surface area (Å²) in [4.78, 5) is 2.56. The molecule has 1 saturated carbocycles. The standard InChI is InChI=1S/C18H26BrNO3/c19-15-5-7-16(8-6-15)22-13-14-23-18-4-2-1-3-17(18)20-9-11-21-12-10-20/h5-8,17-18H,1-4,9-14H2/t17?,18-/m0/s1. The van der Waals surface area contributed by atoms with E-state index in [9.17, 15) is 0 Å². The zero-order valence-electron chi connectivity index (χ0n) is 13.6. The van der Waals surface area contributed by atoms with Crippen LogP contribution < -0.4 is 4.74 Å². The van der Waals surface area contributed by atoms with Crippen LogP contribution in [0.1, 0.15) is 25.7 Å². The molecular weight excluding hydrogens is 358 g/mol. The second kappa shape index (κ2) is 9.02. The molecule has 0 radical (unpaired) electrons. The maximum Gasteiger partial charge on any atom is 0.119 e. The smallest absolute Gasteiger partial charge is 0.119 e. The average Bonchev–Trinajstić information content (AvgIpc) is 2.61. The molecule has 2 fully saturated rings. The molecule has 23 heavy (non-hydrogen) atoms. The Morgan fingerprint density at radius 1 is 1.04 bits per heavy atom. The van der Waals surface area contributed by atoms with Gasteiger partial charge in [0.15, 0.2) is 0 Å². The van der Waals surface area contributed by atoms with E-state index in [1.54, 1.807) is 0 Å². The SMILES string of the molecule is Brc1ccc(OCCO[C@H]2CCCCC2N2CCOCC2)cc1. The van der Waals surface area contributed by atoms with Gasteiger partial charge in [-0.2, -0.15) is 0 Å². The minimum absolute atomic E-state index is 0.343. The van der Waals surface area contributed by atoms with E-state index in [0.717, 1.165) is 36.5 Å². The zero-order valence-corrected chi connectivity index (χ0v) is 15.2. The Labute approximate surface area is 147 Å². The fourth-order valence-corrected chi connectivity index (χ4v) is 3.75. The van der Waals surface area contributed by atoms with Crippen LogP contribution in [0.25, 0.3) is 0 Å². The predicted octanol–water partition coefficient (Wildman–Crippen LogP) is 3.49. The lowest BCUT2D eigenvalue weighted by Crippen LogP contribution is -2.51. The van der Waals surface area contributed by atoms with Crippen molar-refractivity contribution in [2.75, 3.05) is 39.5 Å². The van der Waals surface area contributed by atoms with Gasteiger partial charge in [0.05, 0.1) is 25.9 Å². The molecule has 1 unspecified atom stereocenters. The second-order valence-corrected chi connectivity index (χ2v) is 7.13. The molecule has 128 valence electrons. The molecule has 2 atom stereocenters. The molecule has 1 aliphatic carbocycles. The van der Waals surface area contributed by atoms with Gasteiger partial charge in [-0.15, -0.1) is 0 Å². The highest BCUT2D eigenvalue weighted by Gasteiger charge is 2.31. The van der Waals surface area contributed by atoms with Crippen LogP contribution in [0, 0.1) is 0 Å². The van der Waals surface area contributed by atoms with Crippen LogP contribution in [0.15, 0.2) is 28.7 Å². The Kier molecular flexibility index (Phi) is 6.75. The minimum Gasteiger partial charge on any atom is -0.491 e. The lowest BCUT2D eigenvalue weighted by atomic mass is 9.91. The largest absolute Gasteiger partial charge is 0.491 e. The first-order valence-corrected chi connectivity index (χ1v) is 9.44. The Bertz CT molecular complexity index is 462. The van der Waals surface area contributed by atoms with Crippen LogP contribution in [0.5, 0.6) is 5.75 Å². The van der Waals surface area contributed by atoms with Crippen molar-refractivity contribution in [2.45, 2.75) is 37.8 Å². The van der Waals surface area contributed by atoms with Crippen LogP contribution >= 0.6 is 15.9 Å². The van der Waals surface area contributed by atoms with Crippen molar-refractivity contribution in [3.63, 3.8) is 0 Å². The van der Waals surface area contributed by atoms with E-state index >= 15 is 0 Å². The number of rotatable bonds is 6. The quantitative estimate of drug-likeness (QED) is 0.703. The van der Waals surface area contributed by atoms with Crippen molar-refractivity contribution in [1.82, 2.24) is 4.90 Å². The third kappa shape index (κ3) is 5.18. The number of morpholine rings is 1. The molecule has 0 spiro atoms. The van der Waals surface area contributed by atoms with E-state index in [1.807, 2.05) is 24.3 Å². The number of hydrogen-bond acceptors (Lipinski definition) is 4. The number of ether oxygens (including phenoxy) is 3. The van der Waals surface area contributed by atoms with Gasteiger partial charge >= 0.3 is 0 Å². The molecule has 1 aromatic rings. The Morgan fingerprint density at radius 2 is 1.78 bits per heavy atom. The van der Waals surface area contributed by atoms with E-state index in [4.69, 9.17) is 14.2 Å². The first-order valence-electron chi connectivity index (χ1n) is 8.65. The summed E-state index contributed by atoms with van der Waals surface area (Å²) in [6.45, 7) is 5.06. The molecule has 1 aliphatic heterocycles. The monoisotopic (exact) mass is 383 g/mol. The lowest BCUT2D eigenvalue weighted by molar-refractivity contribution is -0.0698. The molecule has 5 heteroatoms. The number of halogens is 1. The normalized spacial score (nSPS) is 26.1. The van der Waals surface area contributed by atoms with Crippen molar-refractivity contribution in [3.05, 3.63) is 28.7 Å². The van der Waals surface area contributed by atoms with Crippen molar-refractivity contribution in [3.8, 4) is 5.75 Å². The van der Waals surface area contributed by atoms with Gasteiger partial charge in [-0.05, 0) is 37.1 Å². The third-order valence-corrected chi connectivity index (χ3v) is 5.21. The van der Waals surface area contributed by atoms with Crippen LogP contribution in [0.3, 0.4) is 0 Å². The fraction of sp³-hybridized carbons (Fsp3) is 0.667. The first-order chi connectivity index (χ1) is 11.3. The maximum absolute atomic E-state index is 6.18. The highest BCUT2D eigenvalue weighted by atomic mass is 79.9. The van der Waals surface area contributed by atoms with E-state index < -0.39 is 0 Å². The molecule has 2 aliphatic rings. The fourth-order valence-electron chi connectivity index (χ4n) is 3.49. The molecular formula is C18H26BrNO3. The van der Waals surface area contributed by atoms with Crippen molar-refractivity contribution in [1.29, 1.82) is 0 Å². The predicted molar refractivity (Wildman–Crippen MR) is 94.0 cm³/mol.